The van der Waals surface area contributed by atoms with Gasteiger partial charge in [0.05, 0.1) is 27.6 Å². The van der Waals surface area contributed by atoms with Crippen molar-refractivity contribution in [2.24, 2.45) is 0 Å². The van der Waals surface area contributed by atoms with Gasteiger partial charge in [0.1, 0.15) is 0 Å². The average Bonchev–Trinajstić information content (AvgIpc) is 1.64. The van der Waals surface area contributed by atoms with Crippen LogP contribution in [0, 0.1) is 32.9 Å². The Kier molecular flexibility index (Phi) is 20.9. The number of nitrogens with zero attached hydrogens (tertiary/aromatic N) is 6. The number of pyridine rings is 6. The van der Waals surface area contributed by atoms with Crippen molar-refractivity contribution in [3.05, 3.63) is 397 Å². The molecule has 4 aliphatic rings. The molecule has 0 spiro atoms. The van der Waals surface area contributed by atoms with Crippen LogP contribution in [0.15, 0.2) is 346 Å². The van der Waals surface area contributed by atoms with Gasteiger partial charge in [-0.15, -0.1) is 71.8 Å². The maximum absolute atomic E-state index is 4.32. The number of fused-ring (bicyclic) bond motifs is 20. The first-order chi connectivity index (χ1) is 49.9. The Morgan fingerprint density at radius 3 is 1.46 bits per heavy atom. The van der Waals surface area contributed by atoms with Gasteiger partial charge in [0.2, 0.25) is 39.3 Å². The zero-order chi connectivity index (χ0) is 68.0. The zero-order valence-electron chi connectivity index (χ0n) is 57.6. The molecule has 0 atom stereocenters. The maximum atomic E-state index is 4.32. The van der Waals surface area contributed by atoms with Crippen molar-refractivity contribution in [1.29, 1.82) is 0 Å². The van der Waals surface area contributed by atoms with Crippen molar-refractivity contribution in [3.8, 4) is 78.7 Å². The zero-order valence-corrected chi connectivity index (χ0v) is 62.4. The van der Waals surface area contributed by atoms with E-state index in [2.05, 4.69) is 322 Å². The van der Waals surface area contributed by atoms with Crippen LogP contribution in [-0.4, -0.2) is 9.97 Å². The molecule has 0 bridgehead atoms. The van der Waals surface area contributed by atoms with E-state index in [1.54, 1.807) is 6.20 Å². The van der Waals surface area contributed by atoms with E-state index in [1.165, 1.54) is 139 Å². The van der Waals surface area contributed by atoms with Gasteiger partial charge in [-0.05, 0) is 128 Å². The number of aromatic nitrogens is 6. The Bertz CT molecular complexity index is 5850. The first-order valence-electron chi connectivity index (χ1n) is 34.7. The molecule has 500 valence electrons. The standard InChI is InChI=1S/C23H18N.C17H14N.2C16H12N.C12H10N.C11H8N.2Ir/c1-16-13-19-9-5-6-10-22(19)24-15-20-12-11-18(14-21(20)23(16)24)17-7-3-2-4-8-17;1-12-10-13-6-3-5-9-16(13)18-11-14-7-2-4-8-15(14)17(12)18;1-3-7-14-13(6-1)11-17-15-8-4-2-5-12(15)9-10-16(14)17;1-3-7-14-12(5-1)9-10-17-11-13-6-2-4-8-15(13)16(14)17;1-10-6-5-9-13-12(10)11-7-3-2-4-8-11;1-2-6-10(7-3-1)11-8-4-5-9-12-11;;/h2-14H,15H2,1H3;2-10H,11H2,1H3;2*1-10H,11H2;2-7,9H,1H3;1-6,8-9H;;/q4*+1;2*-1;;. The van der Waals surface area contributed by atoms with E-state index in [4.69, 9.17) is 0 Å². The van der Waals surface area contributed by atoms with E-state index in [9.17, 15) is 0 Å². The van der Waals surface area contributed by atoms with E-state index < -0.39 is 0 Å². The molecule has 0 amide bonds. The fourth-order valence-electron chi connectivity index (χ4n) is 14.9. The molecule has 10 heterocycles. The molecule has 8 heteroatoms. The van der Waals surface area contributed by atoms with Gasteiger partial charge in [-0.3, -0.25) is 0 Å². The Morgan fingerprint density at radius 2 is 0.816 bits per heavy atom. The average molecular weight is 1680 g/mol. The summed E-state index contributed by atoms with van der Waals surface area (Å²) in [6.07, 6.45) is 5.79. The molecule has 0 saturated carbocycles. The van der Waals surface area contributed by atoms with Crippen molar-refractivity contribution in [2.75, 3.05) is 0 Å². The molecular weight excluding hydrogens is 1610 g/mol. The summed E-state index contributed by atoms with van der Waals surface area (Å²) in [6.45, 7) is 10.4. The summed E-state index contributed by atoms with van der Waals surface area (Å²) in [5.74, 6) is 0. The van der Waals surface area contributed by atoms with Crippen LogP contribution in [0.2, 0.25) is 0 Å². The van der Waals surface area contributed by atoms with Crippen LogP contribution in [0.1, 0.15) is 38.9 Å². The van der Waals surface area contributed by atoms with Crippen molar-refractivity contribution in [1.82, 2.24) is 9.97 Å². The maximum Gasteiger partial charge on any atom is 0.221 e. The van der Waals surface area contributed by atoms with Crippen LogP contribution in [-0.2, 0) is 66.4 Å². The van der Waals surface area contributed by atoms with E-state index in [1.807, 2.05) is 79.0 Å². The van der Waals surface area contributed by atoms with E-state index >= 15 is 0 Å². The summed E-state index contributed by atoms with van der Waals surface area (Å²) >= 11 is 0. The number of hydrogen-bond donors (Lipinski definition) is 0. The summed E-state index contributed by atoms with van der Waals surface area (Å²) in [7, 11) is 0. The van der Waals surface area contributed by atoms with Crippen molar-refractivity contribution < 1.29 is 58.5 Å². The minimum absolute atomic E-state index is 0. The van der Waals surface area contributed by atoms with Gasteiger partial charge in [0, 0.05) is 132 Å². The second-order valence-corrected chi connectivity index (χ2v) is 26.0. The van der Waals surface area contributed by atoms with Gasteiger partial charge in [0.15, 0.2) is 32.4 Å². The molecule has 6 nitrogen and oxygen atoms in total. The fraction of sp³-hybridized carbons (Fsp3) is 0.0737. The Labute approximate surface area is 630 Å². The molecule has 0 aliphatic carbocycles. The minimum Gasteiger partial charge on any atom is -0.305 e. The van der Waals surface area contributed by atoms with Crippen molar-refractivity contribution in [3.63, 3.8) is 0 Å². The summed E-state index contributed by atoms with van der Waals surface area (Å²) in [6, 6.07) is 121. The third kappa shape index (κ3) is 14.2. The Hall–Kier alpha value is -11.3. The number of hydrogen-bond acceptors (Lipinski definition) is 2. The summed E-state index contributed by atoms with van der Waals surface area (Å²) in [4.78, 5) is 8.54. The molecule has 2 radical (unpaired) electrons. The molecule has 0 unspecified atom stereocenters. The number of aryl methyl sites for hydroxylation is 3. The molecule has 6 aromatic heterocycles. The molecule has 17 aromatic rings. The summed E-state index contributed by atoms with van der Waals surface area (Å²) in [5.41, 5.74) is 31.1. The molecule has 0 saturated heterocycles. The van der Waals surface area contributed by atoms with Gasteiger partial charge in [-0.1, -0.05) is 175 Å². The third-order valence-corrected chi connectivity index (χ3v) is 19.6. The second-order valence-electron chi connectivity index (χ2n) is 26.0. The third-order valence-electron chi connectivity index (χ3n) is 19.6. The van der Waals surface area contributed by atoms with Gasteiger partial charge in [-0.25, -0.2) is 0 Å². The molecule has 0 fully saturated rings. The number of benzene rings is 11. The van der Waals surface area contributed by atoms with Gasteiger partial charge < -0.3 is 9.97 Å². The quantitative estimate of drug-likeness (QED) is 0.131. The summed E-state index contributed by atoms with van der Waals surface area (Å²) < 4.78 is 9.65. The molecule has 4 aliphatic heterocycles. The predicted octanol–water partition coefficient (Wildman–Crippen LogP) is 20.3. The smallest absolute Gasteiger partial charge is 0.221 e. The van der Waals surface area contributed by atoms with Gasteiger partial charge in [-0.2, -0.15) is 18.3 Å². The molecule has 11 aromatic carbocycles. The molecule has 21 rings (SSSR count). The van der Waals surface area contributed by atoms with Crippen LogP contribution in [0.3, 0.4) is 0 Å². The van der Waals surface area contributed by atoms with Crippen LogP contribution in [0.4, 0.5) is 0 Å². The van der Waals surface area contributed by atoms with Crippen LogP contribution < -0.4 is 18.3 Å². The largest absolute Gasteiger partial charge is 0.305 e. The number of para-hydroxylation sites is 3. The van der Waals surface area contributed by atoms with E-state index in [-0.39, 0.29) is 40.2 Å². The first kappa shape index (κ1) is 68.8. The van der Waals surface area contributed by atoms with E-state index in [0.717, 1.165) is 48.7 Å². The molecule has 0 N–H and O–H groups in total. The molecular formula is C95H74Ir2N6+2. The predicted molar refractivity (Wildman–Crippen MR) is 411 cm³/mol. The van der Waals surface area contributed by atoms with E-state index in [0.29, 0.717) is 0 Å². The normalized spacial score (nSPS) is 11.5. The second kappa shape index (κ2) is 31.3. The molecule has 103 heavy (non-hydrogen) atoms. The van der Waals surface area contributed by atoms with Crippen molar-refractivity contribution >= 4 is 43.5 Å². The van der Waals surface area contributed by atoms with Gasteiger partial charge >= 0.3 is 0 Å². The van der Waals surface area contributed by atoms with Crippen LogP contribution in [0.5, 0.6) is 0 Å². The van der Waals surface area contributed by atoms with Crippen LogP contribution >= 0.6 is 0 Å². The number of rotatable bonds is 3. The monoisotopic (exact) mass is 1680 g/mol. The minimum atomic E-state index is 0. The topological polar surface area (TPSA) is 41.3 Å². The Balaban J connectivity index is 0.000000106. The van der Waals surface area contributed by atoms with Crippen LogP contribution in [0.25, 0.3) is 122 Å². The first-order valence-corrected chi connectivity index (χ1v) is 34.7. The van der Waals surface area contributed by atoms with Gasteiger partial charge in [0.25, 0.3) is 0 Å². The Morgan fingerprint density at radius 1 is 0.311 bits per heavy atom. The fourth-order valence-corrected chi connectivity index (χ4v) is 14.9. The summed E-state index contributed by atoms with van der Waals surface area (Å²) in [5, 5.41) is 6.61. The van der Waals surface area contributed by atoms with Crippen molar-refractivity contribution in [2.45, 2.75) is 47.0 Å². The SMILES string of the molecule is Cc1cc2ccccc2[n+]2c1-c1cc(-c3ccccc3)ccc1C2.Cc1cc2ccccc2[n+]2c1-c1ccccc1C2.Cc1cccnc1-c1[c-]cccc1.[Ir].[Ir].[c-]1ccccc1-c1ccccn1.c1ccc2c(c1)C[n+]1c-2ccc2ccccc21.c1ccc2c(c1)C[n+]1ccc3ccccc3c1-2.